The molecule has 0 N–H and O–H groups in total. The molecule has 0 spiro atoms. The molecule has 0 saturated carbocycles. The minimum Gasteiger partial charge on any atom is -0.456 e. The summed E-state index contributed by atoms with van der Waals surface area (Å²) in [7, 11) is 0. The molecular weight excluding hydrogens is 410 g/mol. The molecule has 2 heterocycles. The summed E-state index contributed by atoms with van der Waals surface area (Å²) in [6.07, 6.45) is 2.33. The molecule has 1 atom stereocenters. The Hall–Kier alpha value is -2.37. The highest BCUT2D eigenvalue weighted by Crippen LogP contribution is 2.30. The van der Waals surface area contributed by atoms with Gasteiger partial charge in [-0.05, 0) is 62.2 Å². The molecule has 3 aromatic rings. The van der Waals surface area contributed by atoms with Gasteiger partial charge in [-0.2, -0.15) is 0 Å². The largest absolute Gasteiger partial charge is 0.456 e. The maximum atomic E-state index is 13.6. The van der Waals surface area contributed by atoms with Gasteiger partial charge in [-0.25, -0.2) is 4.98 Å². The monoisotopic (exact) mass is 439 g/mol. The molecule has 164 valence electrons. The van der Waals surface area contributed by atoms with Crippen molar-refractivity contribution in [1.29, 1.82) is 0 Å². The van der Waals surface area contributed by atoms with Crippen molar-refractivity contribution in [3.05, 3.63) is 63.7 Å². The fourth-order valence-corrected chi connectivity index (χ4v) is 4.57. The molecule has 0 aliphatic carbocycles. The van der Waals surface area contributed by atoms with Gasteiger partial charge in [-0.3, -0.25) is 9.36 Å². The Morgan fingerprint density at radius 3 is 2.77 bits per heavy atom. The van der Waals surface area contributed by atoms with Gasteiger partial charge in [0.2, 0.25) is 0 Å². The molecular formula is C25H30ClN3O2. The van der Waals surface area contributed by atoms with Crippen LogP contribution < -0.4 is 10.3 Å². The number of rotatable bonds is 6. The first-order chi connectivity index (χ1) is 15.0. The predicted octanol–water partition coefficient (Wildman–Crippen LogP) is 5.70. The van der Waals surface area contributed by atoms with E-state index in [4.69, 9.17) is 21.3 Å². The summed E-state index contributed by atoms with van der Waals surface area (Å²) in [4.78, 5) is 20.9. The van der Waals surface area contributed by atoms with Gasteiger partial charge in [-0.15, -0.1) is 0 Å². The molecule has 1 aliphatic rings. The van der Waals surface area contributed by atoms with Crippen LogP contribution in [0.4, 0.5) is 0 Å². The van der Waals surface area contributed by atoms with Crippen molar-refractivity contribution in [2.75, 3.05) is 19.6 Å². The molecule has 2 aromatic carbocycles. The second-order valence-electron chi connectivity index (χ2n) is 8.65. The van der Waals surface area contributed by atoms with Crippen LogP contribution in [-0.2, 0) is 6.54 Å². The topological polar surface area (TPSA) is 47.4 Å². The Morgan fingerprint density at radius 2 is 2.03 bits per heavy atom. The predicted molar refractivity (Wildman–Crippen MR) is 126 cm³/mol. The van der Waals surface area contributed by atoms with Crippen LogP contribution >= 0.6 is 11.6 Å². The van der Waals surface area contributed by atoms with Gasteiger partial charge >= 0.3 is 0 Å². The first kappa shape index (κ1) is 21.8. The fraction of sp³-hybridized carbons (Fsp3) is 0.440. The molecule has 5 nitrogen and oxygen atoms in total. The normalized spacial score (nSPS) is 17.4. The number of nitrogens with zero attached hydrogens (tertiary/aromatic N) is 3. The summed E-state index contributed by atoms with van der Waals surface area (Å²) in [5, 5.41) is 1.11. The van der Waals surface area contributed by atoms with Gasteiger partial charge in [0.15, 0.2) is 0 Å². The van der Waals surface area contributed by atoms with E-state index in [1.54, 1.807) is 12.1 Å². The number of hydrogen-bond donors (Lipinski definition) is 0. The van der Waals surface area contributed by atoms with Crippen molar-refractivity contribution in [2.45, 2.75) is 46.1 Å². The molecule has 1 aliphatic heterocycles. The number of hydrogen-bond acceptors (Lipinski definition) is 4. The number of ether oxygens (including phenoxy) is 1. The molecule has 0 radical (unpaired) electrons. The second kappa shape index (κ2) is 9.41. The standard InChI is InChI=1S/C25H30ClN3O2/c1-4-28-13-7-8-18(15-28)16-29-24(17(2)3)27-22-12-11-19(14-20(22)25(29)30)31-23-10-6-5-9-21(23)26/h5-6,9-12,14,17-18H,4,7-8,13,15-16H2,1-3H3/t18-/m0/s1. The van der Waals surface area contributed by atoms with E-state index < -0.39 is 0 Å². The third-order valence-corrected chi connectivity index (χ3v) is 6.34. The van der Waals surface area contributed by atoms with Gasteiger partial charge in [0, 0.05) is 19.0 Å². The summed E-state index contributed by atoms with van der Waals surface area (Å²) >= 11 is 6.23. The quantitative estimate of drug-likeness (QED) is 0.494. The first-order valence-electron chi connectivity index (χ1n) is 11.2. The van der Waals surface area contributed by atoms with Crippen LogP contribution in [0.1, 0.15) is 45.4 Å². The van der Waals surface area contributed by atoms with E-state index in [2.05, 4.69) is 25.7 Å². The van der Waals surface area contributed by atoms with E-state index >= 15 is 0 Å². The zero-order chi connectivity index (χ0) is 22.0. The summed E-state index contributed by atoms with van der Waals surface area (Å²) in [5.41, 5.74) is 0.710. The van der Waals surface area contributed by atoms with Crippen LogP contribution in [0.2, 0.25) is 5.02 Å². The third kappa shape index (κ3) is 4.78. The maximum Gasteiger partial charge on any atom is 0.261 e. The van der Waals surface area contributed by atoms with Crippen molar-refractivity contribution in [3.63, 3.8) is 0 Å². The highest BCUT2D eigenvalue weighted by Gasteiger charge is 2.22. The lowest BCUT2D eigenvalue weighted by Crippen LogP contribution is -2.39. The molecule has 31 heavy (non-hydrogen) atoms. The lowest BCUT2D eigenvalue weighted by Gasteiger charge is -2.32. The highest BCUT2D eigenvalue weighted by atomic mass is 35.5. The van der Waals surface area contributed by atoms with Gasteiger partial charge in [0.05, 0.1) is 15.9 Å². The highest BCUT2D eigenvalue weighted by molar-refractivity contribution is 6.32. The zero-order valence-corrected chi connectivity index (χ0v) is 19.2. The van der Waals surface area contributed by atoms with E-state index in [9.17, 15) is 4.79 Å². The van der Waals surface area contributed by atoms with Crippen molar-refractivity contribution < 1.29 is 4.74 Å². The lowest BCUT2D eigenvalue weighted by atomic mass is 9.97. The van der Waals surface area contributed by atoms with E-state index in [-0.39, 0.29) is 11.5 Å². The Kier molecular flexibility index (Phi) is 6.63. The van der Waals surface area contributed by atoms with Crippen molar-refractivity contribution in [2.24, 2.45) is 5.92 Å². The number of likely N-dealkylation sites (tertiary alicyclic amines) is 1. The van der Waals surface area contributed by atoms with Crippen molar-refractivity contribution in [1.82, 2.24) is 14.5 Å². The number of aromatic nitrogens is 2. The summed E-state index contributed by atoms with van der Waals surface area (Å²) in [5.74, 6) is 2.63. The minimum atomic E-state index is 0.00642. The number of benzene rings is 2. The summed E-state index contributed by atoms with van der Waals surface area (Å²) in [6, 6.07) is 12.8. The van der Waals surface area contributed by atoms with Crippen LogP contribution in [0.5, 0.6) is 11.5 Å². The Morgan fingerprint density at radius 1 is 1.23 bits per heavy atom. The van der Waals surface area contributed by atoms with E-state index in [1.807, 2.05) is 34.9 Å². The summed E-state index contributed by atoms with van der Waals surface area (Å²) < 4.78 is 7.85. The van der Waals surface area contributed by atoms with Gasteiger partial charge in [-0.1, -0.05) is 44.5 Å². The fourth-order valence-electron chi connectivity index (χ4n) is 4.40. The van der Waals surface area contributed by atoms with Crippen molar-refractivity contribution in [3.8, 4) is 11.5 Å². The number of para-hydroxylation sites is 1. The first-order valence-corrected chi connectivity index (χ1v) is 11.5. The maximum absolute atomic E-state index is 13.6. The van der Waals surface area contributed by atoms with Crippen LogP contribution in [0.3, 0.4) is 0 Å². The third-order valence-electron chi connectivity index (χ3n) is 6.03. The van der Waals surface area contributed by atoms with Crippen LogP contribution in [-0.4, -0.2) is 34.1 Å². The molecule has 6 heteroatoms. The molecule has 1 saturated heterocycles. The second-order valence-corrected chi connectivity index (χ2v) is 9.06. The Labute approximate surface area is 188 Å². The van der Waals surface area contributed by atoms with E-state index in [0.29, 0.717) is 39.9 Å². The average Bonchev–Trinajstić information content (AvgIpc) is 2.77. The van der Waals surface area contributed by atoms with Gasteiger partial charge in [0.1, 0.15) is 17.3 Å². The van der Waals surface area contributed by atoms with E-state index in [0.717, 1.165) is 31.9 Å². The number of piperidine rings is 1. The minimum absolute atomic E-state index is 0.00642. The number of halogens is 1. The lowest BCUT2D eigenvalue weighted by molar-refractivity contribution is 0.168. The van der Waals surface area contributed by atoms with Crippen LogP contribution in [0.15, 0.2) is 47.3 Å². The smallest absolute Gasteiger partial charge is 0.261 e. The van der Waals surface area contributed by atoms with Gasteiger partial charge in [0.25, 0.3) is 5.56 Å². The summed E-state index contributed by atoms with van der Waals surface area (Å²) in [6.45, 7) is 10.3. The molecule has 1 fully saturated rings. The van der Waals surface area contributed by atoms with Crippen LogP contribution in [0.25, 0.3) is 10.9 Å². The Balaban J connectivity index is 1.72. The Bertz CT molecular complexity index is 1130. The molecule has 0 unspecified atom stereocenters. The van der Waals surface area contributed by atoms with E-state index in [1.165, 1.54) is 6.42 Å². The van der Waals surface area contributed by atoms with Crippen LogP contribution in [0, 0.1) is 5.92 Å². The number of fused-ring (bicyclic) bond motifs is 1. The SMILES string of the molecule is CCN1CCC[C@H](Cn2c(C(C)C)nc3ccc(Oc4ccccc4Cl)cc3c2=O)C1. The van der Waals surface area contributed by atoms with Crippen molar-refractivity contribution >= 4 is 22.5 Å². The van der Waals surface area contributed by atoms with Gasteiger partial charge < -0.3 is 9.64 Å². The molecule has 4 rings (SSSR count). The average molecular weight is 440 g/mol. The molecule has 1 aromatic heterocycles. The zero-order valence-electron chi connectivity index (χ0n) is 18.5. The molecule has 0 amide bonds. The molecule has 0 bridgehead atoms.